The summed E-state index contributed by atoms with van der Waals surface area (Å²) in [5.74, 6) is 0. The molecule has 2 atom stereocenters. The summed E-state index contributed by atoms with van der Waals surface area (Å²) in [6, 6.07) is 43.7. The average Bonchev–Trinajstić information content (AvgIpc) is 3.92. The Morgan fingerprint density at radius 2 is 0.950 bits per heavy atom. The van der Waals surface area contributed by atoms with E-state index in [9.17, 15) is 17.0 Å². The molecule has 6 aromatic carbocycles. The number of halogens is 2. The van der Waals surface area contributed by atoms with E-state index in [1.54, 1.807) is 0 Å². The minimum absolute atomic E-state index is 0.0677. The fourth-order valence-corrected chi connectivity index (χ4v) is 39.8. The first-order chi connectivity index (χ1) is 28.5. The molecule has 0 saturated carbocycles. The molecule has 0 bridgehead atoms. The molecule has 3 aliphatic rings. The van der Waals surface area contributed by atoms with Crippen molar-refractivity contribution in [3.05, 3.63) is 171 Å². The minimum atomic E-state index is -5.66. The third-order valence-corrected chi connectivity index (χ3v) is 37.1. The molecule has 0 radical (unpaired) electrons. The van der Waals surface area contributed by atoms with Crippen molar-refractivity contribution >= 4 is 52.3 Å². The van der Waals surface area contributed by atoms with Gasteiger partial charge in [0.15, 0.2) is 0 Å². The van der Waals surface area contributed by atoms with Crippen molar-refractivity contribution in [2.75, 3.05) is 0 Å². The van der Waals surface area contributed by atoms with Crippen molar-refractivity contribution in [2.45, 2.75) is 100 Å². The monoisotopic (exact) mass is 919 g/mol. The van der Waals surface area contributed by atoms with Crippen LogP contribution < -0.4 is 13.6 Å². The van der Waals surface area contributed by atoms with Crippen LogP contribution in [0.25, 0.3) is 45.5 Å². The number of allylic oxidation sites excluding steroid dienone is 2. The first-order valence-corrected chi connectivity index (χ1v) is 34.0. The molecule has 0 saturated heterocycles. The topological polar surface area (TPSA) is 0 Å². The molecule has 2 aliphatic carbocycles. The van der Waals surface area contributed by atoms with Crippen LogP contribution >= 0.6 is 17.0 Å². The predicted molar refractivity (Wildman–Crippen MR) is 264 cm³/mol. The van der Waals surface area contributed by atoms with E-state index in [0.717, 1.165) is 12.8 Å². The molecule has 0 fully saturated rings. The molecular weight excluding hydrogens is 863 g/mol. The van der Waals surface area contributed by atoms with Gasteiger partial charge in [0.1, 0.15) is 0 Å². The van der Waals surface area contributed by atoms with Crippen LogP contribution in [0.3, 0.4) is 0 Å². The molecule has 1 heterocycles. The Morgan fingerprint density at radius 1 is 0.517 bits per heavy atom. The van der Waals surface area contributed by atoms with Crippen LogP contribution in [0.2, 0.25) is 0 Å². The van der Waals surface area contributed by atoms with Gasteiger partial charge in [-0.1, -0.05) is 0 Å². The fraction of sp³-hybridized carbons (Fsp3) is 0.286. The van der Waals surface area contributed by atoms with E-state index in [1.165, 1.54) is 103 Å². The molecule has 2 unspecified atom stereocenters. The Morgan fingerprint density at radius 3 is 1.40 bits per heavy atom. The standard InChI is InChI=1S/2C22H25.C12H9Si.2ClH.Zr/c2*1-6-16-13-17-11-12-20(22(3,4)5)21(19(17)14-16)18-10-8-7-9-15(18)2;1-3-7-11-9(5-1)10-6-2-4-8-12(10)13-11;;;/h2*7-14H,6H2,1-5H3;1-7H,13H2;2*1H;/q;;;;;+2/p-2. The van der Waals surface area contributed by atoms with Crippen LogP contribution in [0, 0.1) is 13.8 Å². The molecule has 305 valence electrons. The first kappa shape index (κ1) is 41.8. The summed E-state index contributed by atoms with van der Waals surface area (Å²) in [4.78, 5) is 0. The Kier molecular flexibility index (Phi) is 10.3. The summed E-state index contributed by atoms with van der Waals surface area (Å²) in [6.07, 6.45) is 6.85. The zero-order valence-electron chi connectivity index (χ0n) is 37.2. The summed E-state index contributed by atoms with van der Waals surface area (Å²) in [6.45, 7) is 23.3. The van der Waals surface area contributed by atoms with Crippen LogP contribution in [0.15, 0.2) is 126 Å². The van der Waals surface area contributed by atoms with Crippen molar-refractivity contribution in [3.63, 3.8) is 0 Å². The van der Waals surface area contributed by atoms with Gasteiger partial charge in [0, 0.05) is 0 Å². The molecule has 0 aromatic heterocycles. The third-order valence-electron chi connectivity index (χ3n) is 14.3. The zero-order valence-corrected chi connectivity index (χ0v) is 42.5. The van der Waals surface area contributed by atoms with Crippen LogP contribution in [-0.4, -0.2) is 9.52 Å². The second-order valence-electron chi connectivity index (χ2n) is 19.9. The van der Waals surface area contributed by atoms with Crippen LogP contribution in [0.1, 0.15) is 120 Å². The molecule has 0 spiro atoms. The second kappa shape index (κ2) is 14.8. The maximum absolute atomic E-state index is 9.40. The normalized spacial score (nSPS) is 18.0. The van der Waals surface area contributed by atoms with Gasteiger partial charge >= 0.3 is 373 Å². The van der Waals surface area contributed by atoms with Gasteiger partial charge in [0.05, 0.1) is 0 Å². The SMILES string of the molecule is CCC1=Cc2c(ccc(C(C)(C)C)c2-c2ccccc2C)[CH]1[Zr]([Cl])([Cl])([c]1cccc2c1[SiH2]c1ccccc1-2)[CH]1C(CC)=Cc2c1ccc(C(C)(C)C)c2-c1ccccc1C. The van der Waals surface area contributed by atoms with Gasteiger partial charge in [-0.2, -0.15) is 0 Å². The molecular formula is C56H59Cl2SiZr. The van der Waals surface area contributed by atoms with E-state index < -0.39 is 25.9 Å². The van der Waals surface area contributed by atoms with E-state index in [-0.39, 0.29) is 18.1 Å². The van der Waals surface area contributed by atoms with Gasteiger partial charge in [-0.15, -0.1) is 0 Å². The Hall–Kier alpha value is -3.52. The van der Waals surface area contributed by atoms with Gasteiger partial charge in [0.25, 0.3) is 0 Å². The molecule has 1 aliphatic heterocycles. The van der Waals surface area contributed by atoms with E-state index in [2.05, 4.69) is 197 Å². The fourth-order valence-electron chi connectivity index (χ4n) is 11.5. The van der Waals surface area contributed by atoms with Crippen LogP contribution in [0.4, 0.5) is 0 Å². The number of fused-ring (bicyclic) bond motifs is 5. The molecule has 4 heteroatoms. The van der Waals surface area contributed by atoms with Crippen molar-refractivity contribution in [2.24, 2.45) is 0 Å². The quantitative estimate of drug-likeness (QED) is 0.140. The molecule has 0 nitrogen and oxygen atoms in total. The number of hydrogen-bond donors (Lipinski definition) is 0. The average molecular weight is 922 g/mol. The van der Waals surface area contributed by atoms with Crippen LogP contribution in [0.5, 0.6) is 0 Å². The van der Waals surface area contributed by atoms with Crippen molar-refractivity contribution in [1.82, 2.24) is 0 Å². The van der Waals surface area contributed by atoms with E-state index in [4.69, 9.17) is 0 Å². The van der Waals surface area contributed by atoms with Gasteiger partial charge < -0.3 is 0 Å². The maximum atomic E-state index is 9.40. The van der Waals surface area contributed by atoms with Crippen LogP contribution in [-0.2, 0) is 27.2 Å². The van der Waals surface area contributed by atoms with Crippen molar-refractivity contribution < 1.29 is 16.4 Å². The summed E-state index contributed by atoms with van der Waals surface area (Å²) in [5, 5.41) is 2.97. The van der Waals surface area contributed by atoms with E-state index >= 15 is 0 Å². The van der Waals surface area contributed by atoms with Gasteiger partial charge in [-0.05, 0) is 0 Å². The Labute approximate surface area is 370 Å². The Bertz CT molecular complexity index is 2670. The third kappa shape index (κ3) is 6.28. The zero-order chi connectivity index (χ0) is 42.5. The van der Waals surface area contributed by atoms with Crippen molar-refractivity contribution in [1.29, 1.82) is 0 Å². The molecule has 0 amide bonds. The number of hydrogen-bond acceptors (Lipinski definition) is 0. The molecule has 9 rings (SSSR count). The number of benzene rings is 6. The molecule has 6 aromatic rings. The Balaban J connectivity index is 1.41. The summed E-state index contributed by atoms with van der Waals surface area (Å²) >= 11 is -5.66. The molecule has 60 heavy (non-hydrogen) atoms. The number of aryl methyl sites for hydroxylation is 2. The first-order valence-electron chi connectivity index (χ1n) is 22.1. The second-order valence-corrected chi connectivity index (χ2v) is 42.4. The number of rotatable bonds is 7. The molecule has 0 N–H and O–H groups in total. The summed E-state index contributed by atoms with van der Waals surface area (Å²) in [5.41, 5.74) is 21.2. The summed E-state index contributed by atoms with van der Waals surface area (Å²) in [7, 11) is 17.9. The van der Waals surface area contributed by atoms with Gasteiger partial charge in [0.2, 0.25) is 0 Å². The van der Waals surface area contributed by atoms with Gasteiger partial charge in [-0.3, -0.25) is 0 Å². The summed E-state index contributed by atoms with van der Waals surface area (Å²) < 4.78 is 1.08. The van der Waals surface area contributed by atoms with Crippen molar-refractivity contribution in [3.8, 4) is 33.4 Å². The van der Waals surface area contributed by atoms with Gasteiger partial charge in [-0.25, -0.2) is 0 Å². The van der Waals surface area contributed by atoms with E-state index in [1.807, 2.05) is 0 Å². The predicted octanol–water partition coefficient (Wildman–Crippen LogP) is 14.1. The van der Waals surface area contributed by atoms with E-state index in [0.29, 0.717) is 0 Å².